The van der Waals surface area contributed by atoms with Crippen molar-refractivity contribution in [1.82, 2.24) is 5.32 Å². The van der Waals surface area contributed by atoms with Crippen molar-refractivity contribution < 1.29 is 14.7 Å². The lowest BCUT2D eigenvalue weighted by atomic mass is 10.1. The second kappa shape index (κ2) is 6.08. The molecule has 1 rings (SSSR count). The van der Waals surface area contributed by atoms with E-state index in [0.29, 0.717) is 16.1 Å². The second-order valence-electron chi connectivity index (χ2n) is 3.73. The largest absolute Gasteiger partial charge is 0.480 e. The molecule has 0 spiro atoms. The van der Waals surface area contributed by atoms with Crippen LogP contribution in [0, 0.1) is 19.3 Å². The van der Waals surface area contributed by atoms with Gasteiger partial charge < -0.3 is 10.4 Å². The van der Waals surface area contributed by atoms with Crippen LogP contribution in [0.1, 0.15) is 22.3 Å². The zero-order valence-electron chi connectivity index (χ0n) is 9.74. The van der Waals surface area contributed by atoms with Crippen molar-refractivity contribution in [2.24, 2.45) is 0 Å². The first-order valence-corrected chi connectivity index (χ1v) is 5.56. The molecule has 0 aliphatic rings. The SMILES string of the molecule is C#CCC(NC(=O)c1cc(Cl)ccc1C)C(=O)O. The normalized spacial score (nSPS) is 11.4. The lowest BCUT2D eigenvalue weighted by Crippen LogP contribution is -2.40. The van der Waals surface area contributed by atoms with Crippen LogP contribution in [0.5, 0.6) is 0 Å². The molecule has 5 heteroatoms. The monoisotopic (exact) mass is 265 g/mol. The Morgan fingerprint density at radius 3 is 2.78 bits per heavy atom. The van der Waals surface area contributed by atoms with Crippen molar-refractivity contribution in [1.29, 1.82) is 0 Å². The van der Waals surface area contributed by atoms with Gasteiger partial charge in [0, 0.05) is 17.0 Å². The van der Waals surface area contributed by atoms with Crippen LogP contribution in [-0.2, 0) is 4.79 Å². The van der Waals surface area contributed by atoms with E-state index in [0.717, 1.165) is 0 Å². The van der Waals surface area contributed by atoms with Gasteiger partial charge in [0.2, 0.25) is 0 Å². The number of terminal acetylenes is 1. The average Bonchev–Trinajstić information content (AvgIpc) is 2.31. The van der Waals surface area contributed by atoms with Crippen LogP contribution in [0.3, 0.4) is 0 Å². The fourth-order valence-corrected chi connectivity index (χ4v) is 1.56. The lowest BCUT2D eigenvalue weighted by molar-refractivity contribution is -0.139. The van der Waals surface area contributed by atoms with Gasteiger partial charge >= 0.3 is 5.97 Å². The summed E-state index contributed by atoms with van der Waals surface area (Å²) in [5.41, 5.74) is 1.05. The smallest absolute Gasteiger partial charge is 0.327 e. The molecule has 0 saturated heterocycles. The van der Waals surface area contributed by atoms with Crippen molar-refractivity contribution in [3.05, 3.63) is 34.3 Å². The van der Waals surface area contributed by atoms with Crippen molar-refractivity contribution in [2.75, 3.05) is 0 Å². The zero-order valence-corrected chi connectivity index (χ0v) is 10.5. The Labute approximate surface area is 110 Å². The second-order valence-corrected chi connectivity index (χ2v) is 4.17. The van der Waals surface area contributed by atoms with Crippen LogP contribution in [0.25, 0.3) is 0 Å². The molecule has 0 aliphatic heterocycles. The maximum absolute atomic E-state index is 11.9. The number of rotatable bonds is 4. The molecule has 0 aliphatic carbocycles. The van der Waals surface area contributed by atoms with Gasteiger partial charge in [-0.05, 0) is 24.6 Å². The molecule has 0 aromatic heterocycles. The first-order chi connectivity index (χ1) is 8.45. The molecule has 0 heterocycles. The minimum atomic E-state index is -1.17. The fraction of sp³-hybridized carbons (Fsp3) is 0.231. The summed E-state index contributed by atoms with van der Waals surface area (Å²) in [6.07, 6.45) is 4.98. The molecule has 0 fully saturated rings. The van der Waals surface area contributed by atoms with Crippen molar-refractivity contribution in [3.8, 4) is 12.3 Å². The van der Waals surface area contributed by atoms with E-state index in [1.165, 1.54) is 6.07 Å². The number of carboxylic acid groups (broad SMARTS) is 1. The number of halogens is 1. The molecular formula is C13H12ClNO3. The van der Waals surface area contributed by atoms with Crippen LogP contribution in [-0.4, -0.2) is 23.0 Å². The summed E-state index contributed by atoms with van der Waals surface area (Å²) in [6.45, 7) is 1.74. The van der Waals surface area contributed by atoms with Crippen molar-refractivity contribution in [3.63, 3.8) is 0 Å². The minimum absolute atomic E-state index is 0.0688. The van der Waals surface area contributed by atoms with Gasteiger partial charge in [-0.1, -0.05) is 17.7 Å². The summed E-state index contributed by atoms with van der Waals surface area (Å²) in [6, 6.07) is 3.74. The van der Waals surface area contributed by atoms with E-state index < -0.39 is 17.9 Å². The third-order valence-corrected chi connectivity index (χ3v) is 2.60. The first kappa shape index (κ1) is 14.1. The van der Waals surface area contributed by atoms with E-state index in [2.05, 4.69) is 11.2 Å². The number of hydrogen-bond acceptors (Lipinski definition) is 2. The summed E-state index contributed by atoms with van der Waals surface area (Å²) in [4.78, 5) is 22.8. The Balaban J connectivity index is 2.91. The Kier molecular flexibility index (Phi) is 4.75. The third kappa shape index (κ3) is 3.51. The highest BCUT2D eigenvalue weighted by Crippen LogP contribution is 2.15. The van der Waals surface area contributed by atoms with Gasteiger partial charge in [0.05, 0.1) is 0 Å². The molecule has 1 unspecified atom stereocenters. The number of nitrogens with one attached hydrogen (secondary N) is 1. The Hall–Kier alpha value is -1.99. The molecule has 0 saturated carbocycles. The van der Waals surface area contributed by atoms with E-state index >= 15 is 0 Å². The first-order valence-electron chi connectivity index (χ1n) is 5.19. The highest BCUT2D eigenvalue weighted by atomic mass is 35.5. The average molecular weight is 266 g/mol. The number of aliphatic carboxylic acids is 1. The van der Waals surface area contributed by atoms with Gasteiger partial charge in [-0.2, -0.15) is 0 Å². The molecule has 4 nitrogen and oxygen atoms in total. The summed E-state index contributed by atoms with van der Waals surface area (Å²) in [7, 11) is 0. The quantitative estimate of drug-likeness (QED) is 0.817. The van der Waals surface area contributed by atoms with Crippen molar-refractivity contribution >= 4 is 23.5 Å². The van der Waals surface area contributed by atoms with Gasteiger partial charge in [0.25, 0.3) is 5.91 Å². The van der Waals surface area contributed by atoms with E-state index in [4.69, 9.17) is 23.1 Å². The predicted octanol–water partition coefficient (Wildman–Crippen LogP) is 1.85. The van der Waals surface area contributed by atoms with Gasteiger partial charge in [-0.3, -0.25) is 4.79 Å². The number of carbonyl (C=O) groups excluding carboxylic acids is 1. The third-order valence-electron chi connectivity index (χ3n) is 2.37. The van der Waals surface area contributed by atoms with Crippen LogP contribution in [0.15, 0.2) is 18.2 Å². The number of aryl methyl sites for hydroxylation is 1. The topological polar surface area (TPSA) is 66.4 Å². The lowest BCUT2D eigenvalue weighted by Gasteiger charge is -2.13. The molecule has 94 valence electrons. The number of carbonyl (C=O) groups is 2. The summed E-state index contributed by atoms with van der Waals surface area (Å²) in [5.74, 6) is 0.542. The number of amides is 1. The number of carboxylic acids is 1. The maximum Gasteiger partial charge on any atom is 0.327 e. The predicted molar refractivity (Wildman–Crippen MR) is 68.5 cm³/mol. The van der Waals surface area contributed by atoms with Gasteiger partial charge in [-0.15, -0.1) is 12.3 Å². The minimum Gasteiger partial charge on any atom is -0.480 e. The molecule has 1 atom stereocenters. The van der Waals surface area contributed by atoms with E-state index in [9.17, 15) is 9.59 Å². The van der Waals surface area contributed by atoms with Crippen LogP contribution < -0.4 is 5.32 Å². The van der Waals surface area contributed by atoms with Crippen LogP contribution in [0.2, 0.25) is 5.02 Å². The van der Waals surface area contributed by atoms with E-state index in [-0.39, 0.29) is 6.42 Å². The van der Waals surface area contributed by atoms with Gasteiger partial charge in [0.1, 0.15) is 6.04 Å². The molecule has 1 aromatic carbocycles. The molecular weight excluding hydrogens is 254 g/mol. The molecule has 18 heavy (non-hydrogen) atoms. The molecule has 1 aromatic rings. The molecule has 0 radical (unpaired) electrons. The van der Waals surface area contributed by atoms with Crippen LogP contribution in [0.4, 0.5) is 0 Å². The molecule has 2 N–H and O–H groups in total. The zero-order chi connectivity index (χ0) is 13.7. The Morgan fingerprint density at radius 2 is 2.22 bits per heavy atom. The maximum atomic E-state index is 11.9. The standard InChI is InChI=1S/C13H12ClNO3/c1-3-4-11(13(17)18)15-12(16)10-7-9(14)6-5-8(10)2/h1,5-7,11H,4H2,2H3,(H,15,16)(H,17,18). The fourth-order valence-electron chi connectivity index (χ4n) is 1.39. The summed E-state index contributed by atoms with van der Waals surface area (Å²) >= 11 is 5.79. The van der Waals surface area contributed by atoms with Crippen LogP contribution >= 0.6 is 11.6 Å². The van der Waals surface area contributed by atoms with Gasteiger partial charge in [-0.25, -0.2) is 4.79 Å². The van der Waals surface area contributed by atoms with Crippen molar-refractivity contribution in [2.45, 2.75) is 19.4 Å². The van der Waals surface area contributed by atoms with E-state index in [1.54, 1.807) is 19.1 Å². The Bertz CT molecular complexity index is 519. The van der Waals surface area contributed by atoms with E-state index in [1.807, 2.05) is 0 Å². The summed E-state index contributed by atoms with van der Waals surface area (Å²) < 4.78 is 0. The molecule has 0 bridgehead atoms. The highest BCUT2D eigenvalue weighted by molar-refractivity contribution is 6.31. The number of hydrogen-bond donors (Lipinski definition) is 2. The highest BCUT2D eigenvalue weighted by Gasteiger charge is 2.20. The molecule has 1 amide bonds. The Morgan fingerprint density at radius 1 is 1.56 bits per heavy atom. The van der Waals surface area contributed by atoms with Gasteiger partial charge in [0.15, 0.2) is 0 Å². The summed E-state index contributed by atoms with van der Waals surface area (Å²) in [5, 5.41) is 11.7. The number of benzene rings is 1.